The third-order valence-corrected chi connectivity index (χ3v) is 4.15. The summed E-state index contributed by atoms with van der Waals surface area (Å²) in [5.74, 6) is -0.542. The Balaban J connectivity index is 1.70. The molecule has 1 unspecified atom stereocenters. The van der Waals surface area contributed by atoms with E-state index >= 15 is 0 Å². The van der Waals surface area contributed by atoms with Crippen molar-refractivity contribution in [2.75, 3.05) is 25.0 Å². The van der Waals surface area contributed by atoms with Crippen LogP contribution < -0.4 is 11.1 Å². The van der Waals surface area contributed by atoms with Crippen LogP contribution >= 0.6 is 0 Å². The second-order valence-electron chi connectivity index (χ2n) is 5.92. The smallest absolute Gasteiger partial charge is 0.269 e. The van der Waals surface area contributed by atoms with Crippen LogP contribution in [0, 0.1) is 16.0 Å². The molecule has 3 N–H and O–H groups in total. The van der Waals surface area contributed by atoms with Crippen LogP contribution in [-0.4, -0.2) is 41.3 Å². The van der Waals surface area contributed by atoms with Crippen molar-refractivity contribution in [1.82, 2.24) is 4.90 Å². The number of carbonyl (C=O) groups is 2. The van der Waals surface area contributed by atoms with Gasteiger partial charge >= 0.3 is 0 Å². The van der Waals surface area contributed by atoms with E-state index in [4.69, 9.17) is 5.73 Å². The lowest BCUT2D eigenvalue weighted by molar-refractivity contribution is -0.384. The summed E-state index contributed by atoms with van der Waals surface area (Å²) < 4.78 is 0. The van der Waals surface area contributed by atoms with Gasteiger partial charge in [-0.2, -0.15) is 0 Å². The highest BCUT2D eigenvalue weighted by Gasteiger charge is 2.26. The van der Waals surface area contributed by atoms with E-state index in [1.54, 1.807) is 17.0 Å². The second kappa shape index (κ2) is 8.28. The number of piperidine rings is 1. The van der Waals surface area contributed by atoms with Gasteiger partial charge in [-0.25, -0.2) is 0 Å². The first-order chi connectivity index (χ1) is 11.5. The molecule has 1 atom stereocenters. The number of non-ortho nitro benzene ring substituents is 1. The van der Waals surface area contributed by atoms with Gasteiger partial charge in [0.25, 0.3) is 5.69 Å². The molecule has 1 fully saturated rings. The zero-order chi connectivity index (χ0) is 17.5. The number of likely N-dealkylation sites (tertiary alicyclic amines) is 1. The molecule has 0 radical (unpaired) electrons. The molecule has 1 heterocycles. The lowest BCUT2D eigenvalue weighted by Crippen LogP contribution is -2.44. The molecule has 2 amide bonds. The predicted octanol–water partition coefficient (Wildman–Crippen LogP) is 1.51. The van der Waals surface area contributed by atoms with Crippen LogP contribution in [0.15, 0.2) is 24.3 Å². The number of nitro groups is 1. The van der Waals surface area contributed by atoms with E-state index in [1.165, 1.54) is 12.1 Å². The fraction of sp³-hybridized carbons (Fsp3) is 0.500. The van der Waals surface area contributed by atoms with Gasteiger partial charge in [0.2, 0.25) is 11.8 Å². The van der Waals surface area contributed by atoms with Gasteiger partial charge in [-0.15, -0.1) is 0 Å². The molecule has 1 aliphatic rings. The van der Waals surface area contributed by atoms with Crippen molar-refractivity contribution in [3.05, 3.63) is 34.4 Å². The molecule has 24 heavy (non-hydrogen) atoms. The first-order valence-electron chi connectivity index (χ1n) is 8.03. The van der Waals surface area contributed by atoms with Gasteiger partial charge in [0, 0.05) is 43.9 Å². The molecule has 0 aliphatic carbocycles. The van der Waals surface area contributed by atoms with E-state index < -0.39 is 4.92 Å². The van der Waals surface area contributed by atoms with Crippen LogP contribution in [-0.2, 0) is 9.59 Å². The average molecular weight is 334 g/mol. The maximum atomic E-state index is 12.2. The lowest BCUT2D eigenvalue weighted by atomic mass is 9.97. The summed E-state index contributed by atoms with van der Waals surface area (Å²) in [6, 6.07) is 6.15. The number of hydrogen-bond donors (Lipinski definition) is 2. The van der Waals surface area contributed by atoms with Crippen LogP contribution in [0.1, 0.15) is 25.7 Å². The highest BCUT2D eigenvalue weighted by molar-refractivity contribution is 5.80. The Morgan fingerprint density at radius 2 is 2.04 bits per heavy atom. The van der Waals surface area contributed by atoms with Crippen molar-refractivity contribution >= 4 is 23.2 Å². The van der Waals surface area contributed by atoms with Gasteiger partial charge in [-0.1, -0.05) is 0 Å². The van der Waals surface area contributed by atoms with E-state index in [0.717, 1.165) is 18.5 Å². The molecule has 0 saturated carbocycles. The second-order valence-corrected chi connectivity index (χ2v) is 5.92. The van der Waals surface area contributed by atoms with Gasteiger partial charge in [0.05, 0.1) is 10.8 Å². The molecule has 1 aromatic carbocycles. The fourth-order valence-electron chi connectivity index (χ4n) is 2.77. The van der Waals surface area contributed by atoms with Gasteiger partial charge < -0.3 is 16.0 Å². The van der Waals surface area contributed by atoms with Crippen molar-refractivity contribution in [2.24, 2.45) is 11.7 Å². The number of amides is 2. The largest absolute Gasteiger partial charge is 0.385 e. The van der Waals surface area contributed by atoms with E-state index in [1.807, 2.05) is 0 Å². The molecule has 1 saturated heterocycles. The topological polar surface area (TPSA) is 119 Å². The lowest BCUT2D eigenvalue weighted by Gasteiger charge is -2.31. The Morgan fingerprint density at radius 3 is 2.67 bits per heavy atom. The minimum Gasteiger partial charge on any atom is -0.385 e. The number of anilines is 1. The summed E-state index contributed by atoms with van der Waals surface area (Å²) in [5, 5.41) is 13.7. The van der Waals surface area contributed by atoms with E-state index in [-0.39, 0.29) is 23.4 Å². The molecule has 130 valence electrons. The number of benzene rings is 1. The molecule has 0 aromatic heterocycles. The van der Waals surface area contributed by atoms with Gasteiger partial charge in [-0.05, 0) is 31.4 Å². The Kier molecular flexibility index (Phi) is 6.11. The monoisotopic (exact) mass is 334 g/mol. The fourth-order valence-corrected chi connectivity index (χ4v) is 2.77. The Morgan fingerprint density at radius 1 is 1.33 bits per heavy atom. The predicted molar refractivity (Wildman–Crippen MR) is 89.3 cm³/mol. The molecule has 8 nitrogen and oxygen atoms in total. The summed E-state index contributed by atoms with van der Waals surface area (Å²) in [6.45, 7) is 1.69. The molecule has 1 aliphatic heterocycles. The molecule has 8 heteroatoms. The van der Waals surface area contributed by atoms with Gasteiger partial charge in [0.1, 0.15) is 0 Å². The highest BCUT2D eigenvalue weighted by Crippen LogP contribution is 2.18. The van der Waals surface area contributed by atoms with Gasteiger partial charge in [0.15, 0.2) is 0 Å². The number of hydrogen-bond acceptors (Lipinski definition) is 5. The number of primary amides is 1. The zero-order valence-corrected chi connectivity index (χ0v) is 13.4. The normalized spacial score (nSPS) is 17.3. The number of nitrogens with one attached hydrogen (secondary N) is 1. The summed E-state index contributed by atoms with van der Waals surface area (Å²) in [4.78, 5) is 35.3. The summed E-state index contributed by atoms with van der Waals surface area (Å²) in [7, 11) is 0. The maximum Gasteiger partial charge on any atom is 0.269 e. The summed E-state index contributed by atoms with van der Waals surface area (Å²) in [5.41, 5.74) is 6.14. The van der Waals surface area contributed by atoms with Gasteiger partial charge in [-0.3, -0.25) is 19.7 Å². The van der Waals surface area contributed by atoms with Crippen molar-refractivity contribution in [3.63, 3.8) is 0 Å². The average Bonchev–Trinajstić information content (AvgIpc) is 2.59. The van der Waals surface area contributed by atoms with E-state index in [9.17, 15) is 19.7 Å². The van der Waals surface area contributed by atoms with E-state index in [2.05, 4.69) is 5.32 Å². The van der Waals surface area contributed by atoms with Crippen molar-refractivity contribution < 1.29 is 14.5 Å². The minimum atomic E-state index is -0.444. The van der Waals surface area contributed by atoms with Crippen LogP contribution in [0.3, 0.4) is 0 Å². The molecular formula is C16H22N4O4. The third-order valence-electron chi connectivity index (χ3n) is 4.15. The molecule has 2 rings (SSSR count). The quantitative estimate of drug-likeness (QED) is 0.445. The zero-order valence-electron chi connectivity index (χ0n) is 13.4. The number of nitro benzene ring substituents is 1. The number of rotatable bonds is 7. The van der Waals surface area contributed by atoms with Crippen LogP contribution in [0.25, 0.3) is 0 Å². The number of nitrogens with zero attached hydrogens (tertiary/aromatic N) is 2. The summed E-state index contributed by atoms with van der Waals surface area (Å²) >= 11 is 0. The standard InChI is InChI=1S/C16H22N4O4/c17-16(22)12-3-2-10-19(11-12)15(21)4-1-9-18-13-5-7-14(8-6-13)20(23)24/h5-8,12,18H,1-4,9-11H2,(H2,17,22). The maximum absolute atomic E-state index is 12.2. The summed E-state index contributed by atoms with van der Waals surface area (Å²) in [6.07, 6.45) is 2.60. The molecule has 0 spiro atoms. The Hall–Kier alpha value is -2.64. The minimum absolute atomic E-state index is 0.0337. The SMILES string of the molecule is NC(=O)C1CCCN(C(=O)CCCNc2ccc([N+](=O)[O-])cc2)C1. The van der Waals surface area contributed by atoms with Crippen molar-refractivity contribution in [2.45, 2.75) is 25.7 Å². The first kappa shape index (κ1) is 17.7. The first-order valence-corrected chi connectivity index (χ1v) is 8.03. The number of nitrogens with two attached hydrogens (primary N) is 1. The van der Waals surface area contributed by atoms with Crippen molar-refractivity contribution in [1.29, 1.82) is 0 Å². The highest BCUT2D eigenvalue weighted by atomic mass is 16.6. The molecule has 0 bridgehead atoms. The molecule has 1 aromatic rings. The Labute approximate surface area is 140 Å². The molecular weight excluding hydrogens is 312 g/mol. The third kappa shape index (κ3) is 4.94. The Bertz CT molecular complexity index is 603. The van der Waals surface area contributed by atoms with Crippen LogP contribution in [0.2, 0.25) is 0 Å². The van der Waals surface area contributed by atoms with Crippen LogP contribution in [0.4, 0.5) is 11.4 Å². The number of carbonyl (C=O) groups excluding carboxylic acids is 2. The van der Waals surface area contributed by atoms with E-state index in [0.29, 0.717) is 32.5 Å². The van der Waals surface area contributed by atoms with Crippen molar-refractivity contribution in [3.8, 4) is 0 Å². The van der Waals surface area contributed by atoms with Crippen LogP contribution in [0.5, 0.6) is 0 Å².